The zero-order valence-electron chi connectivity index (χ0n) is 38.6. The molecule has 16 nitrogen and oxygen atoms in total. The third-order valence-electron chi connectivity index (χ3n) is 12.7. The minimum Gasteiger partial charge on any atom is -0.453 e. The Balaban J connectivity index is 1.10. The van der Waals surface area contributed by atoms with Gasteiger partial charge in [-0.05, 0) is 103 Å². The molecule has 16 heteroatoms. The minimum absolute atomic E-state index is 0.00178. The fourth-order valence-electron chi connectivity index (χ4n) is 9.11. The van der Waals surface area contributed by atoms with E-state index in [0.29, 0.717) is 44.0 Å². The number of pyridine rings is 1. The Bertz CT molecular complexity index is 2300. The van der Waals surface area contributed by atoms with Gasteiger partial charge in [0.15, 0.2) is 0 Å². The predicted molar refractivity (Wildman–Crippen MR) is 253 cm³/mol. The quantitative estimate of drug-likeness (QED) is 0.0997. The van der Waals surface area contributed by atoms with Gasteiger partial charge in [0.1, 0.15) is 23.9 Å². The zero-order chi connectivity index (χ0) is 46.9. The van der Waals surface area contributed by atoms with Crippen molar-refractivity contribution in [2.45, 2.75) is 83.6 Å². The standard InChI is InChI=1S/C50H62N8O8/c1-31(2)44(54-49(62)64-5)47(60)53-38-18-11-35(12-19-38)41-23-22-40(58(41)39-20-13-33(14-21-39)36-15-24-43(51-30-36)56-26-28-66-29-27-56)34-9-16-37(17-10-34)52-46(59)42-8-7-25-57(42)48(61)45(32(3)4)55-50(63)65-6/h9-21,24,30-32,40-42,44-45H,7-8,22-23,25-29H2,1-6H3,(H,52,59)(H,53,60)(H,54,62)(H,55,63). The molecule has 5 unspecified atom stereocenters. The van der Waals surface area contributed by atoms with Crippen molar-refractivity contribution < 1.29 is 38.2 Å². The Morgan fingerprint density at radius 2 is 1.20 bits per heavy atom. The number of benzene rings is 3. The molecule has 5 amide bonds. The molecule has 1 aromatic heterocycles. The maximum Gasteiger partial charge on any atom is 0.407 e. The highest BCUT2D eigenvalue weighted by Crippen LogP contribution is 2.47. The summed E-state index contributed by atoms with van der Waals surface area (Å²) in [6.07, 6.45) is 3.46. The van der Waals surface area contributed by atoms with Gasteiger partial charge in [0.25, 0.3) is 0 Å². The first-order valence-corrected chi connectivity index (χ1v) is 22.8. The maximum absolute atomic E-state index is 13.7. The molecule has 0 spiro atoms. The van der Waals surface area contributed by atoms with Crippen LogP contribution < -0.4 is 31.1 Å². The van der Waals surface area contributed by atoms with Crippen molar-refractivity contribution in [3.8, 4) is 11.1 Å². The average molecular weight is 903 g/mol. The molecular formula is C50H62N8O8. The van der Waals surface area contributed by atoms with Gasteiger partial charge in [0, 0.05) is 48.5 Å². The van der Waals surface area contributed by atoms with E-state index in [1.54, 1.807) is 4.90 Å². The highest BCUT2D eigenvalue weighted by atomic mass is 16.5. The first kappa shape index (κ1) is 47.3. The predicted octanol–water partition coefficient (Wildman–Crippen LogP) is 7.30. The van der Waals surface area contributed by atoms with E-state index in [4.69, 9.17) is 19.2 Å². The fourth-order valence-corrected chi connectivity index (χ4v) is 9.11. The largest absolute Gasteiger partial charge is 0.453 e. The number of likely N-dealkylation sites (tertiary alicyclic amines) is 1. The van der Waals surface area contributed by atoms with Crippen molar-refractivity contribution in [2.75, 3.05) is 67.5 Å². The first-order valence-electron chi connectivity index (χ1n) is 22.8. The van der Waals surface area contributed by atoms with Crippen molar-refractivity contribution in [3.05, 3.63) is 102 Å². The molecule has 3 saturated heterocycles. The van der Waals surface area contributed by atoms with Gasteiger partial charge < -0.3 is 50.2 Å². The lowest BCUT2D eigenvalue weighted by molar-refractivity contribution is -0.139. The van der Waals surface area contributed by atoms with Gasteiger partial charge in [0.05, 0.1) is 39.5 Å². The lowest BCUT2D eigenvalue weighted by Gasteiger charge is -2.33. The van der Waals surface area contributed by atoms with Crippen LogP contribution >= 0.6 is 0 Å². The molecule has 0 aliphatic carbocycles. The number of hydrogen-bond donors (Lipinski definition) is 4. The molecule has 3 aliphatic rings. The van der Waals surface area contributed by atoms with E-state index in [1.165, 1.54) is 14.2 Å². The molecule has 7 rings (SSSR count). The molecule has 0 bridgehead atoms. The van der Waals surface area contributed by atoms with Gasteiger partial charge in [-0.3, -0.25) is 14.4 Å². The second kappa shape index (κ2) is 21.5. The lowest BCUT2D eigenvalue weighted by Crippen LogP contribution is -2.54. The van der Waals surface area contributed by atoms with Crippen LogP contribution in [0.15, 0.2) is 91.1 Å². The van der Waals surface area contributed by atoms with Gasteiger partial charge >= 0.3 is 12.2 Å². The number of methoxy groups -OCH3 is 2. The van der Waals surface area contributed by atoms with Crippen molar-refractivity contribution in [3.63, 3.8) is 0 Å². The summed E-state index contributed by atoms with van der Waals surface area (Å²) >= 11 is 0. The number of amides is 5. The monoisotopic (exact) mass is 902 g/mol. The Hall–Kier alpha value is -6.68. The van der Waals surface area contributed by atoms with E-state index in [0.717, 1.165) is 59.7 Å². The van der Waals surface area contributed by atoms with Crippen LogP contribution in [0.25, 0.3) is 11.1 Å². The van der Waals surface area contributed by atoms with E-state index >= 15 is 0 Å². The third kappa shape index (κ3) is 11.0. The maximum atomic E-state index is 13.7. The van der Waals surface area contributed by atoms with Crippen LogP contribution in [0.4, 0.5) is 32.5 Å². The third-order valence-corrected chi connectivity index (χ3v) is 12.7. The van der Waals surface area contributed by atoms with Crippen LogP contribution in [-0.2, 0) is 28.6 Å². The number of alkyl carbamates (subject to hydrolysis) is 2. The summed E-state index contributed by atoms with van der Waals surface area (Å²) in [5, 5.41) is 11.2. The molecule has 3 aromatic carbocycles. The molecule has 66 heavy (non-hydrogen) atoms. The highest BCUT2D eigenvalue weighted by molar-refractivity contribution is 5.99. The number of ether oxygens (including phenoxy) is 3. The number of rotatable bonds is 14. The highest BCUT2D eigenvalue weighted by Gasteiger charge is 2.39. The smallest absolute Gasteiger partial charge is 0.407 e. The molecule has 4 heterocycles. The molecule has 0 saturated carbocycles. The molecular weight excluding hydrogens is 841 g/mol. The van der Waals surface area contributed by atoms with E-state index in [9.17, 15) is 24.0 Å². The van der Waals surface area contributed by atoms with Gasteiger partial charge in [-0.25, -0.2) is 14.6 Å². The summed E-state index contributed by atoms with van der Waals surface area (Å²) in [6, 6.07) is 26.2. The van der Waals surface area contributed by atoms with Crippen LogP contribution in [0.2, 0.25) is 0 Å². The molecule has 4 aromatic rings. The second-order valence-electron chi connectivity index (χ2n) is 17.7. The van der Waals surface area contributed by atoms with Crippen LogP contribution in [0.1, 0.15) is 76.6 Å². The summed E-state index contributed by atoms with van der Waals surface area (Å²) in [6.45, 7) is 10.8. The number of aromatic nitrogens is 1. The van der Waals surface area contributed by atoms with Crippen LogP contribution in [0, 0.1) is 11.8 Å². The normalized spacial score (nSPS) is 19.3. The second-order valence-corrected chi connectivity index (χ2v) is 17.7. The number of nitrogens with one attached hydrogen (secondary N) is 4. The summed E-state index contributed by atoms with van der Waals surface area (Å²) in [7, 11) is 2.52. The molecule has 3 fully saturated rings. The van der Waals surface area contributed by atoms with Gasteiger partial charge in [-0.1, -0.05) is 64.1 Å². The van der Waals surface area contributed by atoms with E-state index in [2.05, 4.69) is 67.5 Å². The summed E-state index contributed by atoms with van der Waals surface area (Å²) in [4.78, 5) is 75.5. The van der Waals surface area contributed by atoms with E-state index in [-0.39, 0.29) is 41.6 Å². The molecule has 350 valence electrons. The van der Waals surface area contributed by atoms with E-state index < -0.39 is 30.3 Å². The number of carbonyl (C=O) groups excluding carboxylic acids is 5. The number of morpholine rings is 1. The number of hydrogen-bond acceptors (Lipinski definition) is 11. The van der Waals surface area contributed by atoms with Crippen LogP contribution in [-0.4, -0.2) is 105 Å². The summed E-state index contributed by atoms with van der Waals surface area (Å²) < 4.78 is 15.0. The van der Waals surface area contributed by atoms with Crippen molar-refractivity contribution in [1.29, 1.82) is 0 Å². The van der Waals surface area contributed by atoms with Gasteiger partial charge in [0.2, 0.25) is 17.7 Å². The Kier molecular flexibility index (Phi) is 15.4. The van der Waals surface area contributed by atoms with Gasteiger partial charge in [-0.2, -0.15) is 0 Å². The molecule has 0 radical (unpaired) electrons. The SMILES string of the molecule is COC(=O)NC(C(=O)Nc1ccc(C2CCC(c3ccc(NC(=O)C4CCCN4C(=O)C(NC(=O)OC)C(C)C)cc3)N2c2ccc(-c3ccc(N4CCOCC4)nc3)cc2)cc1)C(C)C. The Labute approximate surface area is 386 Å². The Morgan fingerprint density at radius 1 is 0.652 bits per heavy atom. The lowest BCUT2D eigenvalue weighted by atomic mass is 10.0. The average Bonchev–Trinajstić information content (AvgIpc) is 4.02. The van der Waals surface area contributed by atoms with Crippen molar-refractivity contribution in [2.24, 2.45) is 11.8 Å². The first-order chi connectivity index (χ1) is 31.8. The van der Waals surface area contributed by atoms with Crippen LogP contribution in [0.3, 0.4) is 0 Å². The number of anilines is 4. The topological polar surface area (TPSA) is 184 Å². The summed E-state index contributed by atoms with van der Waals surface area (Å²) in [5.74, 6) is -0.346. The number of carbonyl (C=O) groups is 5. The van der Waals surface area contributed by atoms with E-state index in [1.807, 2.05) is 82.4 Å². The van der Waals surface area contributed by atoms with Crippen LogP contribution in [0.5, 0.6) is 0 Å². The Morgan fingerprint density at radius 3 is 1.73 bits per heavy atom. The fraction of sp³-hybridized carbons (Fsp3) is 0.440. The van der Waals surface area contributed by atoms with Crippen molar-refractivity contribution in [1.82, 2.24) is 20.5 Å². The minimum atomic E-state index is -0.818. The zero-order valence-corrected chi connectivity index (χ0v) is 38.6. The summed E-state index contributed by atoms with van der Waals surface area (Å²) in [5.41, 5.74) is 6.50. The number of nitrogens with zero attached hydrogens (tertiary/aromatic N) is 4. The molecule has 4 N–H and O–H groups in total. The van der Waals surface area contributed by atoms with Gasteiger partial charge in [-0.15, -0.1) is 0 Å². The van der Waals surface area contributed by atoms with Crippen molar-refractivity contribution >= 4 is 52.8 Å². The molecule has 3 aliphatic heterocycles. The molecule has 5 atom stereocenters.